The molecule has 5 nitrogen and oxygen atoms in total. The second-order valence-corrected chi connectivity index (χ2v) is 7.47. The largest absolute Gasteiger partial charge is 0.385 e. The molecule has 2 N–H and O–H groups in total. The van der Waals surface area contributed by atoms with Gasteiger partial charge in [-0.05, 0) is 70.5 Å². The Morgan fingerprint density at radius 1 is 1.12 bits per heavy atom. The smallest absolute Gasteiger partial charge is 0.191 e. The topological polar surface area (TPSA) is 48.9 Å². The number of methoxy groups -OCH3 is 1. The Morgan fingerprint density at radius 3 is 2.54 bits per heavy atom. The van der Waals surface area contributed by atoms with Gasteiger partial charge in [-0.1, -0.05) is 12.8 Å². The summed E-state index contributed by atoms with van der Waals surface area (Å²) >= 11 is 0. The summed E-state index contributed by atoms with van der Waals surface area (Å²) in [6, 6.07) is 0. The Morgan fingerprint density at radius 2 is 1.88 bits per heavy atom. The first-order valence-electron chi connectivity index (χ1n) is 10.0. The first kappa shape index (κ1) is 19.5. The van der Waals surface area contributed by atoms with Crippen molar-refractivity contribution in [2.75, 3.05) is 53.0 Å². The van der Waals surface area contributed by atoms with Crippen LogP contribution in [0.5, 0.6) is 0 Å². The van der Waals surface area contributed by atoms with Gasteiger partial charge in [0.1, 0.15) is 0 Å². The molecule has 0 aromatic heterocycles. The maximum atomic E-state index is 5.33. The third-order valence-electron chi connectivity index (χ3n) is 5.56. The van der Waals surface area contributed by atoms with Gasteiger partial charge in [-0.2, -0.15) is 0 Å². The van der Waals surface area contributed by atoms with Crippen LogP contribution in [0.1, 0.15) is 58.3 Å². The van der Waals surface area contributed by atoms with Crippen LogP contribution in [0.25, 0.3) is 0 Å². The molecule has 0 bridgehead atoms. The molecule has 0 aromatic rings. The van der Waals surface area contributed by atoms with Crippen molar-refractivity contribution in [1.82, 2.24) is 15.5 Å². The summed E-state index contributed by atoms with van der Waals surface area (Å²) in [6.07, 6.45) is 10.4. The summed E-state index contributed by atoms with van der Waals surface area (Å²) in [5, 5.41) is 6.93. The number of ether oxygens (including phenoxy) is 1. The first-order valence-corrected chi connectivity index (χ1v) is 10.0. The zero-order valence-electron chi connectivity index (χ0n) is 15.9. The van der Waals surface area contributed by atoms with E-state index in [1.165, 1.54) is 64.6 Å². The van der Waals surface area contributed by atoms with E-state index in [-0.39, 0.29) is 0 Å². The Hall–Kier alpha value is -0.810. The maximum absolute atomic E-state index is 5.33. The molecule has 1 saturated carbocycles. The minimum Gasteiger partial charge on any atom is -0.385 e. The third kappa shape index (κ3) is 6.60. The predicted molar refractivity (Wildman–Crippen MR) is 102 cm³/mol. The number of guanidine groups is 1. The molecular formula is C19H38N4O. The van der Waals surface area contributed by atoms with E-state index in [1.807, 2.05) is 0 Å². The normalized spacial score (nSPS) is 21.3. The zero-order valence-corrected chi connectivity index (χ0v) is 15.9. The molecule has 2 fully saturated rings. The number of nitrogens with one attached hydrogen (secondary N) is 2. The van der Waals surface area contributed by atoms with Gasteiger partial charge in [0, 0.05) is 33.4 Å². The van der Waals surface area contributed by atoms with E-state index in [4.69, 9.17) is 9.73 Å². The molecule has 1 saturated heterocycles. The highest BCUT2D eigenvalue weighted by atomic mass is 16.5. The van der Waals surface area contributed by atoms with Gasteiger partial charge in [0.2, 0.25) is 0 Å². The molecule has 1 heterocycles. The molecule has 5 heteroatoms. The van der Waals surface area contributed by atoms with Crippen molar-refractivity contribution < 1.29 is 4.74 Å². The van der Waals surface area contributed by atoms with Gasteiger partial charge in [-0.25, -0.2) is 0 Å². The quantitative estimate of drug-likeness (QED) is 0.365. The first-order chi connectivity index (χ1) is 11.8. The van der Waals surface area contributed by atoms with Crippen LogP contribution in [-0.4, -0.2) is 63.8 Å². The lowest BCUT2D eigenvalue weighted by molar-refractivity contribution is 0.141. The van der Waals surface area contributed by atoms with Crippen molar-refractivity contribution in [2.24, 2.45) is 10.4 Å². The van der Waals surface area contributed by atoms with E-state index in [1.54, 1.807) is 7.11 Å². The van der Waals surface area contributed by atoms with Crippen LogP contribution >= 0.6 is 0 Å². The summed E-state index contributed by atoms with van der Waals surface area (Å²) < 4.78 is 5.33. The van der Waals surface area contributed by atoms with Crippen molar-refractivity contribution >= 4 is 5.96 Å². The van der Waals surface area contributed by atoms with E-state index in [2.05, 4.69) is 22.5 Å². The van der Waals surface area contributed by atoms with E-state index in [9.17, 15) is 0 Å². The van der Waals surface area contributed by atoms with Crippen LogP contribution in [0.4, 0.5) is 0 Å². The standard InChI is InChI=1S/C19H38N4O/c1-3-20-18(21-12-8-15-23-13-6-7-14-23)22-17-19(11-16-24-2)9-4-5-10-19/h3-17H2,1-2H3,(H2,20,21,22). The van der Waals surface area contributed by atoms with E-state index < -0.39 is 0 Å². The minimum atomic E-state index is 0.369. The third-order valence-corrected chi connectivity index (χ3v) is 5.56. The lowest BCUT2D eigenvalue weighted by Gasteiger charge is -2.27. The Bertz CT molecular complexity index is 360. The summed E-state index contributed by atoms with van der Waals surface area (Å²) in [5.74, 6) is 0.989. The fourth-order valence-corrected chi connectivity index (χ4v) is 4.03. The van der Waals surface area contributed by atoms with Gasteiger partial charge < -0.3 is 20.3 Å². The average molecular weight is 339 g/mol. The Balaban J connectivity index is 1.75. The fourth-order valence-electron chi connectivity index (χ4n) is 4.03. The van der Waals surface area contributed by atoms with Gasteiger partial charge in [0.15, 0.2) is 5.96 Å². The van der Waals surface area contributed by atoms with Crippen molar-refractivity contribution in [2.45, 2.75) is 58.3 Å². The zero-order chi connectivity index (χ0) is 17.1. The van der Waals surface area contributed by atoms with Crippen molar-refractivity contribution in [3.05, 3.63) is 0 Å². The molecule has 0 amide bonds. The van der Waals surface area contributed by atoms with Crippen LogP contribution in [-0.2, 0) is 4.74 Å². The lowest BCUT2D eigenvalue weighted by Crippen LogP contribution is -2.39. The van der Waals surface area contributed by atoms with Gasteiger partial charge in [-0.15, -0.1) is 0 Å². The van der Waals surface area contributed by atoms with Crippen LogP contribution in [0, 0.1) is 5.41 Å². The maximum Gasteiger partial charge on any atom is 0.191 e. The highest BCUT2D eigenvalue weighted by Gasteiger charge is 2.33. The van der Waals surface area contributed by atoms with Gasteiger partial charge in [-0.3, -0.25) is 4.99 Å². The number of aliphatic imine (C=N–C) groups is 1. The van der Waals surface area contributed by atoms with Crippen molar-refractivity contribution in [3.63, 3.8) is 0 Å². The highest BCUT2D eigenvalue weighted by Crippen LogP contribution is 2.41. The number of hydrogen-bond donors (Lipinski definition) is 2. The molecule has 2 rings (SSSR count). The van der Waals surface area contributed by atoms with Gasteiger partial charge in [0.25, 0.3) is 0 Å². The summed E-state index contributed by atoms with van der Waals surface area (Å²) in [4.78, 5) is 7.49. The lowest BCUT2D eigenvalue weighted by atomic mass is 9.83. The molecule has 1 aliphatic heterocycles. The van der Waals surface area contributed by atoms with Crippen LogP contribution < -0.4 is 10.6 Å². The molecule has 0 radical (unpaired) electrons. The van der Waals surface area contributed by atoms with Crippen LogP contribution in [0.2, 0.25) is 0 Å². The van der Waals surface area contributed by atoms with Gasteiger partial charge in [0.05, 0.1) is 0 Å². The van der Waals surface area contributed by atoms with E-state index in [0.717, 1.165) is 38.6 Å². The van der Waals surface area contributed by atoms with Crippen LogP contribution in [0.3, 0.4) is 0 Å². The molecular weight excluding hydrogens is 300 g/mol. The van der Waals surface area contributed by atoms with Crippen molar-refractivity contribution in [1.29, 1.82) is 0 Å². The molecule has 1 aliphatic carbocycles. The molecule has 0 atom stereocenters. The summed E-state index contributed by atoms with van der Waals surface area (Å²) in [5.41, 5.74) is 0.369. The minimum absolute atomic E-state index is 0.369. The molecule has 140 valence electrons. The van der Waals surface area contributed by atoms with Gasteiger partial charge >= 0.3 is 0 Å². The second-order valence-electron chi connectivity index (χ2n) is 7.47. The average Bonchev–Trinajstić information content (AvgIpc) is 3.27. The Kier molecular flexibility index (Phi) is 8.89. The number of nitrogens with zero attached hydrogens (tertiary/aromatic N) is 2. The summed E-state index contributed by atoms with van der Waals surface area (Å²) in [7, 11) is 1.80. The monoisotopic (exact) mass is 338 g/mol. The number of likely N-dealkylation sites (tertiary alicyclic amines) is 1. The number of rotatable bonds is 10. The summed E-state index contributed by atoms with van der Waals surface area (Å²) in [6.45, 7) is 9.64. The predicted octanol–water partition coefficient (Wildman–Crippen LogP) is 2.62. The second kappa shape index (κ2) is 10.9. The van der Waals surface area contributed by atoms with E-state index >= 15 is 0 Å². The molecule has 0 spiro atoms. The highest BCUT2D eigenvalue weighted by molar-refractivity contribution is 5.79. The molecule has 0 aromatic carbocycles. The Labute approximate surface area is 148 Å². The SMILES string of the molecule is CCNC(=NCC1(CCOC)CCCC1)NCCCN1CCCC1. The van der Waals surface area contributed by atoms with E-state index in [0.29, 0.717) is 5.41 Å². The fraction of sp³-hybridized carbons (Fsp3) is 0.947. The molecule has 2 aliphatic rings. The van der Waals surface area contributed by atoms with Crippen molar-refractivity contribution in [3.8, 4) is 0 Å². The molecule has 0 unspecified atom stereocenters. The molecule has 24 heavy (non-hydrogen) atoms. The number of hydrogen-bond acceptors (Lipinski definition) is 3. The van der Waals surface area contributed by atoms with Crippen LogP contribution in [0.15, 0.2) is 4.99 Å².